The van der Waals surface area contributed by atoms with Crippen LogP contribution in [0.2, 0.25) is 0 Å². The molecule has 0 amide bonds. The van der Waals surface area contributed by atoms with Crippen molar-refractivity contribution < 1.29 is 0 Å². The van der Waals surface area contributed by atoms with Gasteiger partial charge < -0.3 is 5.32 Å². The van der Waals surface area contributed by atoms with Crippen molar-refractivity contribution in [1.82, 2.24) is 0 Å². The van der Waals surface area contributed by atoms with Crippen LogP contribution in [-0.2, 0) is 0 Å². The van der Waals surface area contributed by atoms with Crippen LogP contribution in [0.25, 0.3) is 0 Å². The molecular formula is C18H21NS. The summed E-state index contributed by atoms with van der Waals surface area (Å²) in [4.78, 5) is 1.27. The first-order valence-corrected chi connectivity index (χ1v) is 7.85. The molecule has 0 aliphatic rings. The zero-order chi connectivity index (χ0) is 14.4. The lowest BCUT2D eigenvalue weighted by Gasteiger charge is -2.18. The fourth-order valence-corrected chi connectivity index (χ4v) is 2.79. The van der Waals surface area contributed by atoms with Gasteiger partial charge in [0.15, 0.2) is 0 Å². The predicted molar refractivity (Wildman–Crippen MR) is 90.6 cm³/mol. The second-order valence-corrected chi connectivity index (χ2v) is 5.93. The lowest BCUT2D eigenvalue weighted by molar-refractivity contribution is 0.879. The highest BCUT2D eigenvalue weighted by Gasteiger charge is 2.08. The second-order valence-electron chi connectivity index (χ2n) is 4.87. The van der Waals surface area contributed by atoms with Gasteiger partial charge >= 0.3 is 0 Å². The minimum absolute atomic E-state index is 0.293. The molecule has 0 radical (unpaired) electrons. The van der Waals surface area contributed by atoms with E-state index in [0.717, 1.165) is 5.75 Å². The number of hydrogen-bond donors (Lipinski definition) is 1. The molecule has 0 heterocycles. The van der Waals surface area contributed by atoms with E-state index in [9.17, 15) is 0 Å². The molecule has 0 aliphatic carbocycles. The van der Waals surface area contributed by atoms with E-state index in [1.54, 1.807) is 11.8 Å². The Morgan fingerprint density at radius 2 is 1.85 bits per heavy atom. The van der Waals surface area contributed by atoms with E-state index in [-0.39, 0.29) is 0 Å². The van der Waals surface area contributed by atoms with Gasteiger partial charge in [-0.1, -0.05) is 48.0 Å². The van der Waals surface area contributed by atoms with Crippen LogP contribution in [0.15, 0.2) is 66.1 Å². The highest BCUT2D eigenvalue weighted by Crippen LogP contribution is 2.30. The number of thioether (sulfide) groups is 1. The SMILES string of the molecule is C=CCSc1ccccc1NC(C)c1ccc(C)cc1. The largest absolute Gasteiger partial charge is 0.378 e. The summed E-state index contributed by atoms with van der Waals surface area (Å²) in [6, 6.07) is 17.4. The van der Waals surface area contributed by atoms with Gasteiger partial charge in [-0.05, 0) is 31.5 Å². The van der Waals surface area contributed by atoms with E-state index in [2.05, 4.69) is 74.3 Å². The minimum Gasteiger partial charge on any atom is -0.378 e. The molecule has 0 saturated heterocycles. The van der Waals surface area contributed by atoms with Crippen LogP contribution in [0.3, 0.4) is 0 Å². The van der Waals surface area contributed by atoms with Crippen molar-refractivity contribution in [1.29, 1.82) is 0 Å². The van der Waals surface area contributed by atoms with E-state index in [0.29, 0.717) is 6.04 Å². The molecule has 0 bridgehead atoms. The van der Waals surface area contributed by atoms with Gasteiger partial charge in [-0.3, -0.25) is 0 Å². The Kier molecular flexibility index (Phi) is 5.31. The Labute approximate surface area is 126 Å². The molecule has 20 heavy (non-hydrogen) atoms. The van der Waals surface area contributed by atoms with E-state index < -0.39 is 0 Å². The molecule has 1 unspecified atom stereocenters. The van der Waals surface area contributed by atoms with Crippen molar-refractivity contribution in [3.63, 3.8) is 0 Å². The first-order valence-electron chi connectivity index (χ1n) is 6.86. The standard InChI is InChI=1S/C18H21NS/c1-4-13-20-18-8-6-5-7-17(18)19-15(3)16-11-9-14(2)10-12-16/h4-12,15,19H,1,13H2,2-3H3. The van der Waals surface area contributed by atoms with E-state index in [1.807, 2.05) is 6.08 Å². The first-order chi connectivity index (χ1) is 9.70. The van der Waals surface area contributed by atoms with Crippen molar-refractivity contribution in [3.05, 3.63) is 72.3 Å². The summed E-state index contributed by atoms with van der Waals surface area (Å²) in [5.74, 6) is 0.928. The Balaban J connectivity index is 2.12. The molecule has 2 aromatic rings. The smallest absolute Gasteiger partial charge is 0.0486 e. The van der Waals surface area contributed by atoms with Crippen molar-refractivity contribution in [2.24, 2.45) is 0 Å². The van der Waals surface area contributed by atoms with Crippen molar-refractivity contribution >= 4 is 17.4 Å². The number of aryl methyl sites for hydroxylation is 1. The second kappa shape index (κ2) is 7.20. The van der Waals surface area contributed by atoms with E-state index >= 15 is 0 Å². The molecule has 1 N–H and O–H groups in total. The van der Waals surface area contributed by atoms with Gasteiger partial charge in [0.1, 0.15) is 0 Å². The Morgan fingerprint density at radius 1 is 1.15 bits per heavy atom. The van der Waals surface area contributed by atoms with Gasteiger partial charge in [-0.2, -0.15) is 0 Å². The molecule has 1 atom stereocenters. The molecule has 1 nitrogen and oxygen atoms in total. The molecule has 2 aromatic carbocycles. The lowest BCUT2D eigenvalue weighted by atomic mass is 10.1. The number of para-hydroxylation sites is 1. The van der Waals surface area contributed by atoms with Crippen LogP contribution in [0.5, 0.6) is 0 Å². The third-order valence-corrected chi connectivity index (χ3v) is 4.26. The summed E-state index contributed by atoms with van der Waals surface area (Å²) in [5, 5.41) is 3.60. The highest BCUT2D eigenvalue weighted by molar-refractivity contribution is 7.99. The summed E-state index contributed by atoms with van der Waals surface area (Å²) in [6.07, 6.45) is 1.94. The fourth-order valence-electron chi connectivity index (χ4n) is 2.03. The number of nitrogens with one attached hydrogen (secondary N) is 1. The average Bonchev–Trinajstić information content (AvgIpc) is 2.47. The maximum Gasteiger partial charge on any atom is 0.0486 e. The maximum atomic E-state index is 3.78. The topological polar surface area (TPSA) is 12.0 Å². The Morgan fingerprint density at radius 3 is 2.55 bits per heavy atom. The van der Waals surface area contributed by atoms with Crippen molar-refractivity contribution in [2.75, 3.05) is 11.1 Å². The van der Waals surface area contributed by atoms with Crippen LogP contribution >= 0.6 is 11.8 Å². The Hall–Kier alpha value is -1.67. The molecule has 0 spiro atoms. The summed E-state index contributed by atoms with van der Waals surface area (Å²) < 4.78 is 0. The maximum absolute atomic E-state index is 3.78. The quantitative estimate of drug-likeness (QED) is 0.559. The first kappa shape index (κ1) is 14.7. The van der Waals surface area contributed by atoms with Gasteiger partial charge in [-0.15, -0.1) is 18.3 Å². The molecular weight excluding hydrogens is 262 g/mol. The zero-order valence-corrected chi connectivity index (χ0v) is 12.9. The third-order valence-electron chi connectivity index (χ3n) is 3.19. The monoisotopic (exact) mass is 283 g/mol. The van der Waals surface area contributed by atoms with Gasteiger partial charge in [0.2, 0.25) is 0 Å². The molecule has 0 saturated carbocycles. The van der Waals surface area contributed by atoms with Gasteiger partial charge in [-0.25, -0.2) is 0 Å². The normalized spacial score (nSPS) is 11.9. The van der Waals surface area contributed by atoms with Crippen molar-refractivity contribution in [3.8, 4) is 0 Å². The number of benzene rings is 2. The molecule has 0 aromatic heterocycles. The van der Waals surface area contributed by atoms with E-state index in [1.165, 1.54) is 21.7 Å². The van der Waals surface area contributed by atoms with Crippen LogP contribution in [0.4, 0.5) is 5.69 Å². The molecule has 0 aliphatic heterocycles. The van der Waals surface area contributed by atoms with E-state index in [4.69, 9.17) is 0 Å². The molecule has 104 valence electrons. The summed E-state index contributed by atoms with van der Waals surface area (Å²) in [7, 11) is 0. The van der Waals surface area contributed by atoms with Crippen LogP contribution in [0.1, 0.15) is 24.1 Å². The highest BCUT2D eigenvalue weighted by atomic mass is 32.2. The van der Waals surface area contributed by atoms with Crippen LogP contribution in [-0.4, -0.2) is 5.75 Å². The number of hydrogen-bond acceptors (Lipinski definition) is 2. The predicted octanol–water partition coefficient (Wildman–Crippen LogP) is 5.45. The van der Waals surface area contributed by atoms with Crippen LogP contribution < -0.4 is 5.32 Å². The number of rotatable bonds is 6. The zero-order valence-electron chi connectivity index (χ0n) is 12.1. The van der Waals surface area contributed by atoms with Gasteiger partial charge in [0.05, 0.1) is 0 Å². The van der Waals surface area contributed by atoms with Crippen LogP contribution in [0, 0.1) is 6.92 Å². The Bertz CT molecular complexity index is 560. The lowest BCUT2D eigenvalue weighted by Crippen LogP contribution is -2.07. The van der Waals surface area contributed by atoms with Gasteiger partial charge in [0.25, 0.3) is 0 Å². The number of anilines is 1. The summed E-state index contributed by atoms with van der Waals surface area (Å²) >= 11 is 1.81. The summed E-state index contributed by atoms with van der Waals surface area (Å²) in [6.45, 7) is 8.09. The molecule has 2 heteroatoms. The minimum atomic E-state index is 0.293. The third kappa shape index (κ3) is 3.91. The molecule has 0 fully saturated rings. The summed E-state index contributed by atoms with van der Waals surface area (Å²) in [5.41, 5.74) is 3.79. The van der Waals surface area contributed by atoms with Crippen molar-refractivity contribution in [2.45, 2.75) is 24.8 Å². The van der Waals surface area contributed by atoms with Gasteiger partial charge in [0, 0.05) is 22.4 Å². The fraction of sp³-hybridized carbons (Fsp3) is 0.222. The average molecular weight is 283 g/mol. The molecule has 2 rings (SSSR count).